The topological polar surface area (TPSA) is 108 Å². The third kappa shape index (κ3) is 4.20. The number of aryl methyl sites for hydroxylation is 1. The number of anilines is 1. The molecule has 2 aromatic heterocycles. The number of nitrogens with one attached hydrogen (secondary N) is 1. The molecule has 27 heavy (non-hydrogen) atoms. The van der Waals surface area contributed by atoms with Gasteiger partial charge < -0.3 is 5.32 Å². The first-order valence-corrected chi connectivity index (χ1v) is 8.55. The van der Waals surface area contributed by atoms with Gasteiger partial charge in [-0.05, 0) is 24.5 Å². The van der Waals surface area contributed by atoms with E-state index in [1.54, 1.807) is 16.9 Å². The van der Waals surface area contributed by atoms with E-state index in [1.807, 2.05) is 38.1 Å². The van der Waals surface area contributed by atoms with Crippen LogP contribution in [-0.2, 0) is 11.3 Å². The smallest absolute Gasteiger partial charge is 0.307 e. The van der Waals surface area contributed by atoms with Crippen LogP contribution in [0.4, 0.5) is 11.5 Å². The maximum atomic E-state index is 12.6. The number of carbonyl (C=O) groups is 1. The van der Waals surface area contributed by atoms with Crippen LogP contribution in [0.25, 0.3) is 0 Å². The van der Waals surface area contributed by atoms with Gasteiger partial charge in [-0.15, -0.1) is 0 Å². The molecule has 0 saturated carbocycles. The molecule has 1 amide bonds. The van der Waals surface area contributed by atoms with Crippen LogP contribution < -0.4 is 5.32 Å². The molecule has 1 N–H and O–H groups in total. The number of nitro groups is 1. The Hall–Kier alpha value is -3.49. The lowest BCUT2D eigenvalue weighted by atomic mass is 10.1. The van der Waals surface area contributed by atoms with Crippen LogP contribution in [0.5, 0.6) is 0 Å². The fourth-order valence-corrected chi connectivity index (χ4v) is 2.77. The second kappa shape index (κ2) is 7.81. The van der Waals surface area contributed by atoms with Crippen molar-refractivity contribution in [2.75, 3.05) is 5.32 Å². The molecule has 0 spiro atoms. The lowest BCUT2D eigenvalue weighted by Gasteiger charge is -2.14. The van der Waals surface area contributed by atoms with Crippen LogP contribution in [0.2, 0.25) is 0 Å². The van der Waals surface area contributed by atoms with E-state index in [-0.39, 0.29) is 11.6 Å². The number of hydrogen-bond acceptors (Lipinski definition) is 5. The number of rotatable bonds is 7. The third-order valence-electron chi connectivity index (χ3n) is 4.29. The second-order valence-electron chi connectivity index (χ2n) is 6.17. The zero-order chi connectivity index (χ0) is 19.4. The van der Waals surface area contributed by atoms with Crippen LogP contribution >= 0.6 is 0 Å². The Kier molecular flexibility index (Phi) is 5.30. The van der Waals surface area contributed by atoms with E-state index in [0.717, 1.165) is 11.8 Å². The van der Waals surface area contributed by atoms with E-state index in [1.165, 1.54) is 16.4 Å². The van der Waals surface area contributed by atoms with E-state index < -0.39 is 11.0 Å². The summed E-state index contributed by atoms with van der Waals surface area (Å²) in [7, 11) is 0. The summed E-state index contributed by atoms with van der Waals surface area (Å²) < 4.78 is 3.05. The van der Waals surface area contributed by atoms with Crippen LogP contribution in [0, 0.1) is 17.0 Å². The van der Waals surface area contributed by atoms with Gasteiger partial charge in [-0.2, -0.15) is 10.2 Å². The molecule has 0 bridgehead atoms. The van der Waals surface area contributed by atoms with E-state index in [0.29, 0.717) is 18.8 Å². The first-order chi connectivity index (χ1) is 13.0. The van der Waals surface area contributed by atoms with Crippen LogP contribution in [0.1, 0.15) is 30.5 Å². The Morgan fingerprint density at radius 2 is 2.11 bits per heavy atom. The number of aromatic nitrogens is 4. The SMILES string of the molecule is CCC(C(=O)Nc1ccn(Cc2ccccc2C)n1)n1cc([N+](=O)[O-])cn1. The summed E-state index contributed by atoms with van der Waals surface area (Å²) in [5, 5.41) is 21.9. The number of hydrogen-bond donors (Lipinski definition) is 1. The van der Waals surface area contributed by atoms with Gasteiger partial charge in [0.05, 0.1) is 11.5 Å². The largest absolute Gasteiger partial charge is 0.307 e. The van der Waals surface area contributed by atoms with Gasteiger partial charge in [-0.25, -0.2) is 0 Å². The van der Waals surface area contributed by atoms with Gasteiger partial charge in [0.1, 0.15) is 18.4 Å². The molecule has 140 valence electrons. The standard InChI is InChI=1S/C18H20N6O3/c1-3-16(23-12-15(10-19-23)24(26)27)18(25)20-17-8-9-22(21-17)11-14-7-5-4-6-13(14)2/h4-10,12,16H,3,11H2,1-2H3,(H,20,21,25). The van der Waals surface area contributed by atoms with Crippen molar-refractivity contribution in [1.82, 2.24) is 19.6 Å². The molecule has 1 aromatic carbocycles. The highest BCUT2D eigenvalue weighted by atomic mass is 16.6. The Morgan fingerprint density at radius 3 is 2.78 bits per heavy atom. The van der Waals surface area contributed by atoms with Gasteiger partial charge in [0.25, 0.3) is 0 Å². The molecule has 9 nitrogen and oxygen atoms in total. The average molecular weight is 368 g/mol. The predicted octanol–water partition coefficient (Wildman–Crippen LogP) is 2.93. The molecule has 2 heterocycles. The Bertz CT molecular complexity index is 961. The summed E-state index contributed by atoms with van der Waals surface area (Å²) in [4.78, 5) is 22.8. The summed E-state index contributed by atoms with van der Waals surface area (Å²) >= 11 is 0. The van der Waals surface area contributed by atoms with Crippen molar-refractivity contribution in [2.45, 2.75) is 32.9 Å². The summed E-state index contributed by atoms with van der Waals surface area (Å²) in [6.07, 6.45) is 4.62. The van der Waals surface area contributed by atoms with Gasteiger partial charge in [-0.3, -0.25) is 24.3 Å². The summed E-state index contributed by atoms with van der Waals surface area (Å²) in [5.74, 6) is 0.102. The third-order valence-corrected chi connectivity index (χ3v) is 4.29. The molecule has 9 heteroatoms. The van der Waals surface area contributed by atoms with Crippen molar-refractivity contribution in [3.8, 4) is 0 Å². The average Bonchev–Trinajstić information content (AvgIpc) is 3.28. The monoisotopic (exact) mass is 368 g/mol. The van der Waals surface area contributed by atoms with Gasteiger partial charge in [-0.1, -0.05) is 31.2 Å². The summed E-state index contributed by atoms with van der Waals surface area (Å²) in [6.45, 7) is 4.45. The minimum atomic E-state index is -0.653. The molecule has 0 aliphatic rings. The Morgan fingerprint density at radius 1 is 1.33 bits per heavy atom. The van der Waals surface area contributed by atoms with E-state index in [4.69, 9.17) is 0 Å². The predicted molar refractivity (Wildman–Crippen MR) is 99.3 cm³/mol. The fraction of sp³-hybridized carbons (Fsp3) is 0.278. The number of amides is 1. The van der Waals surface area contributed by atoms with Gasteiger partial charge in [0, 0.05) is 12.3 Å². The number of carbonyl (C=O) groups excluding carboxylic acids is 1. The molecular weight excluding hydrogens is 348 g/mol. The maximum Gasteiger partial charge on any atom is 0.307 e. The number of benzene rings is 1. The lowest BCUT2D eigenvalue weighted by molar-refractivity contribution is -0.385. The molecule has 3 rings (SSSR count). The molecule has 0 aliphatic carbocycles. The zero-order valence-corrected chi connectivity index (χ0v) is 15.1. The van der Waals surface area contributed by atoms with Crippen molar-refractivity contribution < 1.29 is 9.72 Å². The van der Waals surface area contributed by atoms with E-state index in [9.17, 15) is 14.9 Å². The first-order valence-electron chi connectivity index (χ1n) is 8.55. The van der Waals surface area contributed by atoms with Crippen LogP contribution in [0.3, 0.4) is 0 Å². The highest BCUT2D eigenvalue weighted by Crippen LogP contribution is 2.18. The Labute approximate surface area is 155 Å². The highest BCUT2D eigenvalue weighted by molar-refractivity contribution is 5.92. The van der Waals surface area contributed by atoms with Gasteiger partial charge in [0.2, 0.25) is 5.91 Å². The normalized spacial score (nSPS) is 11.9. The molecule has 3 aromatic rings. The molecule has 0 radical (unpaired) electrons. The number of nitrogens with zero attached hydrogens (tertiary/aromatic N) is 5. The Balaban J connectivity index is 1.69. The lowest BCUT2D eigenvalue weighted by Crippen LogP contribution is -2.26. The van der Waals surface area contributed by atoms with Crippen molar-refractivity contribution in [3.63, 3.8) is 0 Å². The minimum absolute atomic E-state index is 0.149. The molecule has 0 aliphatic heterocycles. The van der Waals surface area contributed by atoms with Gasteiger partial charge >= 0.3 is 5.69 Å². The summed E-state index contributed by atoms with van der Waals surface area (Å²) in [6, 6.07) is 9.10. The van der Waals surface area contributed by atoms with Crippen molar-refractivity contribution in [2.24, 2.45) is 0 Å². The molecule has 0 fully saturated rings. The minimum Gasteiger partial charge on any atom is -0.307 e. The quantitative estimate of drug-likeness (QED) is 0.509. The highest BCUT2D eigenvalue weighted by Gasteiger charge is 2.22. The molecule has 1 unspecified atom stereocenters. The summed E-state index contributed by atoms with van der Waals surface area (Å²) in [5.41, 5.74) is 2.17. The van der Waals surface area contributed by atoms with E-state index >= 15 is 0 Å². The van der Waals surface area contributed by atoms with Crippen molar-refractivity contribution in [3.05, 3.63) is 70.2 Å². The van der Waals surface area contributed by atoms with Crippen LogP contribution in [0.15, 0.2) is 48.9 Å². The van der Waals surface area contributed by atoms with Crippen LogP contribution in [-0.4, -0.2) is 30.4 Å². The first kappa shape index (κ1) is 18.3. The van der Waals surface area contributed by atoms with Crippen molar-refractivity contribution in [1.29, 1.82) is 0 Å². The maximum absolute atomic E-state index is 12.6. The molecule has 0 saturated heterocycles. The molecule has 1 atom stereocenters. The van der Waals surface area contributed by atoms with E-state index in [2.05, 4.69) is 15.5 Å². The fourth-order valence-electron chi connectivity index (χ4n) is 2.77. The second-order valence-corrected chi connectivity index (χ2v) is 6.17. The van der Waals surface area contributed by atoms with Gasteiger partial charge in [0.15, 0.2) is 5.82 Å². The molecular formula is C18H20N6O3. The zero-order valence-electron chi connectivity index (χ0n) is 15.1. The van der Waals surface area contributed by atoms with Crippen molar-refractivity contribution >= 4 is 17.4 Å².